The fourth-order valence-electron chi connectivity index (χ4n) is 3.04. The molecule has 8 heteroatoms. The molecule has 1 saturated heterocycles. The molecule has 0 radical (unpaired) electrons. The van der Waals surface area contributed by atoms with Crippen LogP contribution >= 0.6 is 11.3 Å². The van der Waals surface area contributed by atoms with Gasteiger partial charge in [0.25, 0.3) is 0 Å². The Morgan fingerprint density at radius 3 is 3.00 bits per heavy atom. The first kappa shape index (κ1) is 17.5. The Balaban J connectivity index is 1.57. The van der Waals surface area contributed by atoms with Gasteiger partial charge in [0.2, 0.25) is 5.91 Å². The minimum Gasteiger partial charge on any atom is -0.481 e. The zero-order valence-corrected chi connectivity index (χ0v) is 14.6. The molecule has 7 nitrogen and oxygen atoms in total. The van der Waals surface area contributed by atoms with E-state index in [9.17, 15) is 9.59 Å². The molecule has 1 aliphatic rings. The van der Waals surface area contributed by atoms with Gasteiger partial charge in [0, 0.05) is 37.3 Å². The minimum absolute atomic E-state index is 0.0519. The van der Waals surface area contributed by atoms with E-state index in [1.807, 2.05) is 10.3 Å². The molecular weight excluding hydrogens is 340 g/mol. The average Bonchev–Trinajstić information content (AvgIpc) is 3.09. The Morgan fingerprint density at radius 1 is 1.36 bits per heavy atom. The lowest BCUT2D eigenvalue weighted by Crippen LogP contribution is -2.40. The highest BCUT2D eigenvalue weighted by Gasteiger charge is 2.24. The van der Waals surface area contributed by atoms with Gasteiger partial charge in [-0.1, -0.05) is 0 Å². The summed E-state index contributed by atoms with van der Waals surface area (Å²) < 4.78 is 0. The summed E-state index contributed by atoms with van der Waals surface area (Å²) in [5.74, 6) is -0.446. The van der Waals surface area contributed by atoms with E-state index in [2.05, 4.69) is 15.0 Å². The number of hydrogen-bond acceptors (Lipinski definition) is 6. The van der Waals surface area contributed by atoms with Gasteiger partial charge in [0.1, 0.15) is 10.7 Å². The molecule has 1 N–H and O–H groups in total. The molecule has 2 aromatic heterocycles. The third-order valence-corrected chi connectivity index (χ3v) is 5.22. The van der Waals surface area contributed by atoms with Gasteiger partial charge in [0.05, 0.1) is 18.3 Å². The van der Waals surface area contributed by atoms with Crippen LogP contribution in [0.15, 0.2) is 24.0 Å². The van der Waals surface area contributed by atoms with E-state index in [1.165, 1.54) is 11.3 Å². The van der Waals surface area contributed by atoms with Gasteiger partial charge in [-0.05, 0) is 25.2 Å². The molecule has 2 aromatic rings. The van der Waals surface area contributed by atoms with Crippen molar-refractivity contribution in [3.8, 4) is 10.7 Å². The number of carbonyl (C=O) groups excluding carboxylic acids is 1. The Kier molecular flexibility index (Phi) is 5.70. The molecule has 0 unspecified atom stereocenters. The van der Waals surface area contributed by atoms with E-state index >= 15 is 0 Å². The fraction of sp³-hybridized carbons (Fsp3) is 0.471. The van der Waals surface area contributed by atoms with Crippen molar-refractivity contribution >= 4 is 23.2 Å². The van der Waals surface area contributed by atoms with Gasteiger partial charge in [0.15, 0.2) is 0 Å². The lowest BCUT2D eigenvalue weighted by atomic mass is 9.93. The number of aliphatic carboxylic acids is 1. The summed E-state index contributed by atoms with van der Waals surface area (Å²) in [5.41, 5.74) is 1.45. The van der Waals surface area contributed by atoms with Crippen LogP contribution in [0.25, 0.3) is 10.7 Å². The minimum atomic E-state index is -0.775. The van der Waals surface area contributed by atoms with Crippen LogP contribution in [0.4, 0.5) is 0 Å². The normalized spacial score (nSPS) is 17.4. The fourth-order valence-corrected chi connectivity index (χ4v) is 3.82. The van der Waals surface area contributed by atoms with Crippen LogP contribution in [0.5, 0.6) is 0 Å². The molecular formula is C17H20N4O3S. The zero-order chi connectivity index (χ0) is 17.6. The lowest BCUT2D eigenvalue weighted by Gasteiger charge is -2.32. The van der Waals surface area contributed by atoms with Crippen LogP contribution in [0.1, 0.15) is 31.4 Å². The number of hydrogen-bond donors (Lipinski definition) is 1. The molecule has 25 heavy (non-hydrogen) atoms. The van der Waals surface area contributed by atoms with Crippen molar-refractivity contribution in [2.24, 2.45) is 5.92 Å². The topological polar surface area (TPSA) is 96.3 Å². The molecule has 0 aliphatic carbocycles. The molecule has 3 rings (SSSR count). The standard InChI is InChI=1S/C17H20N4O3S/c22-15(21-7-1-2-12(10-21)3-4-16(23)24)8-13-11-25-17(20-13)14-9-18-5-6-19-14/h5-6,9,11-12H,1-4,7-8,10H2,(H,23,24)/t12-/m0/s1. The van der Waals surface area contributed by atoms with Gasteiger partial charge >= 0.3 is 5.97 Å². The summed E-state index contributed by atoms with van der Waals surface area (Å²) in [7, 11) is 0. The summed E-state index contributed by atoms with van der Waals surface area (Å²) in [4.78, 5) is 37.8. The van der Waals surface area contributed by atoms with Crippen LogP contribution in [0.3, 0.4) is 0 Å². The highest BCUT2D eigenvalue weighted by Crippen LogP contribution is 2.24. The highest BCUT2D eigenvalue weighted by atomic mass is 32.1. The maximum absolute atomic E-state index is 12.5. The number of rotatable bonds is 6. The Hall–Kier alpha value is -2.35. The molecule has 0 aromatic carbocycles. The SMILES string of the molecule is O=C(O)CC[C@@H]1CCCN(C(=O)Cc2csc(-c3cnccn3)n2)C1. The van der Waals surface area contributed by atoms with Crippen LogP contribution in [0, 0.1) is 5.92 Å². The van der Waals surface area contributed by atoms with Crippen LogP contribution in [0.2, 0.25) is 0 Å². The molecule has 0 spiro atoms. The summed E-state index contributed by atoms with van der Waals surface area (Å²) in [6, 6.07) is 0. The van der Waals surface area contributed by atoms with E-state index in [0.717, 1.165) is 30.1 Å². The van der Waals surface area contributed by atoms with Crippen molar-refractivity contribution in [2.45, 2.75) is 32.1 Å². The number of likely N-dealkylation sites (tertiary alicyclic amines) is 1. The molecule has 0 bridgehead atoms. The van der Waals surface area contributed by atoms with Crippen molar-refractivity contribution in [2.75, 3.05) is 13.1 Å². The largest absolute Gasteiger partial charge is 0.481 e. The Labute approximate surface area is 149 Å². The van der Waals surface area contributed by atoms with Gasteiger partial charge < -0.3 is 10.0 Å². The first-order valence-electron chi connectivity index (χ1n) is 8.32. The first-order chi connectivity index (χ1) is 12.1. The molecule has 1 amide bonds. The maximum Gasteiger partial charge on any atom is 0.303 e. The Bertz CT molecular complexity index is 735. The first-order valence-corrected chi connectivity index (χ1v) is 9.20. The monoisotopic (exact) mass is 360 g/mol. The summed E-state index contributed by atoms with van der Waals surface area (Å²) >= 11 is 1.45. The molecule has 0 saturated carbocycles. The lowest BCUT2D eigenvalue weighted by molar-refractivity contribution is -0.137. The van der Waals surface area contributed by atoms with Gasteiger partial charge in [-0.15, -0.1) is 11.3 Å². The summed E-state index contributed by atoms with van der Waals surface area (Å²) in [5, 5.41) is 11.5. The number of carboxylic acid groups (broad SMARTS) is 1. The second-order valence-corrected chi connectivity index (χ2v) is 7.05. The predicted octanol–water partition coefficient (Wildman–Crippen LogP) is 2.25. The predicted molar refractivity (Wildman–Crippen MR) is 93.0 cm³/mol. The average molecular weight is 360 g/mol. The van der Waals surface area contributed by atoms with Gasteiger partial charge in [-0.3, -0.25) is 19.6 Å². The number of thiazole rings is 1. The van der Waals surface area contributed by atoms with Gasteiger partial charge in [-0.25, -0.2) is 4.98 Å². The van der Waals surface area contributed by atoms with Crippen molar-refractivity contribution in [1.82, 2.24) is 19.9 Å². The second kappa shape index (κ2) is 8.15. The zero-order valence-electron chi connectivity index (χ0n) is 13.8. The molecule has 1 aliphatic heterocycles. The van der Waals surface area contributed by atoms with E-state index in [4.69, 9.17) is 5.11 Å². The van der Waals surface area contributed by atoms with E-state index in [0.29, 0.717) is 18.7 Å². The summed E-state index contributed by atoms with van der Waals surface area (Å²) in [6.45, 7) is 1.39. The van der Waals surface area contributed by atoms with Crippen LogP contribution < -0.4 is 0 Å². The number of carbonyl (C=O) groups is 2. The van der Waals surface area contributed by atoms with Crippen molar-refractivity contribution in [1.29, 1.82) is 0 Å². The Morgan fingerprint density at radius 2 is 2.24 bits per heavy atom. The van der Waals surface area contributed by atoms with Crippen molar-refractivity contribution < 1.29 is 14.7 Å². The number of amides is 1. The van der Waals surface area contributed by atoms with Crippen molar-refractivity contribution in [3.05, 3.63) is 29.7 Å². The van der Waals surface area contributed by atoms with Crippen LogP contribution in [-0.4, -0.2) is 49.9 Å². The van der Waals surface area contributed by atoms with Crippen molar-refractivity contribution in [3.63, 3.8) is 0 Å². The number of piperidine rings is 1. The summed E-state index contributed by atoms with van der Waals surface area (Å²) in [6.07, 6.45) is 7.87. The number of nitrogens with zero attached hydrogens (tertiary/aromatic N) is 4. The van der Waals surface area contributed by atoms with E-state index < -0.39 is 5.97 Å². The quantitative estimate of drug-likeness (QED) is 0.849. The molecule has 132 valence electrons. The molecule has 1 fully saturated rings. The maximum atomic E-state index is 12.5. The van der Waals surface area contributed by atoms with E-state index in [-0.39, 0.29) is 24.7 Å². The highest BCUT2D eigenvalue weighted by molar-refractivity contribution is 7.13. The van der Waals surface area contributed by atoms with Gasteiger partial charge in [-0.2, -0.15) is 0 Å². The smallest absolute Gasteiger partial charge is 0.303 e. The third kappa shape index (κ3) is 4.82. The third-order valence-electron chi connectivity index (χ3n) is 4.30. The molecule has 3 heterocycles. The van der Waals surface area contributed by atoms with Crippen LogP contribution in [-0.2, 0) is 16.0 Å². The number of carboxylic acids is 1. The van der Waals surface area contributed by atoms with E-state index in [1.54, 1.807) is 18.6 Å². The number of aromatic nitrogens is 3. The molecule has 1 atom stereocenters. The second-order valence-electron chi connectivity index (χ2n) is 6.19.